The second-order valence-electron chi connectivity index (χ2n) is 3.22. The predicted octanol–water partition coefficient (Wildman–Crippen LogP) is 0.540. The first-order valence-corrected chi connectivity index (χ1v) is 4.56. The summed E-state index contributed by atoms with van der Waals surface area (Å²) in [5.74, 6) is 1.76. The van der Waals surface area contributed by atoms with Crippen LogP contribution in [-0.4, -0.2) is 0 Å². The topological polar surface area (TPSA) is 21.3 Å². The number of nitrogens with one attached hydrogen (secondary N) is 1. The van der Waals surface area contributed by atoms with Gasteiger partial charge in [0.15, 0.2) is 11.5 Å². The van der Waals surface area contributed by atoms with Gasteiger partial charge in [0.05, 0.1) is 11.4 Å². The van der Waals surface area contributed by atoms with Gasteiger partial charge in [-0.1, -0.05) is 24.3 Å². The van der Waals surface area contributed by atoms with E-state index in [4.69, 9.17) is 4.74 Å². The van der Waals surface area contributed by atoms with Crippen molar-refractivity contribution in [2.24, 2.45) is 0 Å². The van der Waals surface area contributed by atoms with Gasteiger partial charge in [0, 0.05) is 0 Å². The Balaban J connectivity index is 0.000000853. The van der Waals surface area contributed by atoms with Gasteiger partial charge in [-0.05, 0) is 24.3 Å². The van der Waals surface area contributed by atoms with Gasteiger partial charge >= 0.3 is 0 Å². The van der Waals surface area contributed by atoms with Crippen LogP contribution in [0.5, 0.6) is 11.5 Å². The SMILES string of the molecule is [Cl-].c1ccc2c(c1)Nc1ccccc1O2. The second-order valence-corrected chi connectivity index (χ2v) is 3.22. The van der Waals surface area contributed by atoms with Crippen LogP contribution in [0.15, 0.2) is 48.5 Å². The van der Waals surface area contributed by atoms with Gasteiger partial charge in [0.1, 0.15) is 0 Å². The summed E-state index contributed by atoms with van der Waals surface area (Å²) in [6.07, 6.45) is 0. The number of rotatable bonds is 0. The van der Waals surface area contributed by atoms with Crippen LogP contribution in [0.4, 0.5) is 11.4 Å². The number of fused-ring (bicyclic) bond motifs is 2. The lowest BCUT2D eigenvalue weighted by molar-refractivity contribution is -0.00000311. The fourth-order valence-electron chi connectivity index (χ4n) is 1.58. The highest BCUT2D eigenvalue weighted by Crippen LogP contribution is 2.40. The van der Waals surface area contributed by atoms with Crippen LogP contribution in [0.25, 0.3) is 0 Å². The fourth-order valence-corrected chi connectivity index (χ4v) is 1.58. The lowest BCUT2D eigenvalue weighted by atomic mass is 10.2. The maximum Gasteiger partial charge on any atom is 0.150 e. The number of anilines is 2. The number of hydrogen-bond acceptors (Lipinski definition) is 2. The Bertz CT molecular complexity index is 397. The molecule has 1 aliphatic heterocycles. The summed E-state index contributed by atoms with van der Waals surface area (Å²) in [5.41, 5.74) is 2.04. The summed E-state index contributed by atoms with van der Waals surface area (Å²) in [6, 6.07) is 15.8. The first kappa shape index (κ1) is 9.87. The number of benzene rings is 2. The normalized spacial score (nSPS) is 11.2. The third-order valence-corrected chi connectivity index (χ3v) is 2.26. The molecule has 0 aromatic heterocycles. The van der Waals surface area contributed by atoms with Crippen LogP contribution in [0.2, 0.25) is 0 Å². The molecule has 2 aromatic carbocycles. The molecule has 0 atom stereocenters. The molecule has 0 saturated carbocycles. The Hall–Kier alpha value is -1.67. The standard InChI is InChI=1S/C12H9NO.ClH/c1-3-7-11-9(5-1)13-10-6-2-4-8-12(10)14-11;/h1-8,13H;1H/p-1. The Morgan fingerprint density at radius 3 is 1.73 bits per heavy atom. The monoisotopic (exact) mass is 218 g/mol. The largest absolute Gasteiger partial charge is 1.00 e. The molecule has 0 fully saturated rings. The second kappa shape index (κ2) is 3.83. The van der Waals surface area contributed by atoms with E-state index in [0.717, 1.165) is 22.9 Å². The summed E-state index contributed by atoms with van der Waals surface area (Å²) in [4.78, 5) is 0. The van der Waals surface area contributed by atoms with E-state index < -0.39 is 0 Å². The molecule has 0 unspecified atom stereocenters. The van der Waals surface area contributed by atoms with Gasteiger partial charge in [-0.2, -0.15) is 0 Å². The molecule has 76 valence electrons. The van der Waals surface area contributed by atoms with Gasteiger partial charge in [-0.3, -0.25) is 0 Å². The Morgan fingerprint density at radius 2 is 1.20 bits per heavy atom. The van der Waals surface area contributed by atoms with Crippen molar-refractivity contribution in [3.63, 3.8) is 0 Å². The Morgan fingerprint density at radius 1 is 0.733 bits per heavy atom. The van der Waals surface area contributed by atoms with E-state index in [9.17, 15) is 0 Å². The molecular weight excluding hydrogens is 210 g/mol. The van der Waals surface area contributed by atoms with E-state index >= 15 is 0 Å². The van der Waals surface area contributed by atoms with Gasteiger partial charge < -0.3 is 22.5 Å². The molecule has 0 bridgehead atoms. The quantitative estimate of drug-likeness (QED) is 0.595. The van der Waals surface area contributed by atoms with Crippen molar-refractivity contribution >= 4 is 11.4 Å². The smallest absolute Gasteiger partial charge is 0.150 e. The molecule has 15 heavy (non-hydrogen) atoms. The molecule has 2 nitrogen and oxygen atoms in total. The molecule has 0 spiro atoms. The average Bonchev–Trinajstić information content (AvgIpc) is 2.26. The van der Waals surface area contributed by atoms with Crippen LogP contribution in [0.1, 0.15) is 0 Å². The van der Waals surface area contributed by atoms with E-state index in [1.54, 1.807) is 0 Å². The average molecular weight is 219 g/mol. The zero-order valence-electron chi connectivity index (χ0n) is 7.91. The van der Waals surface area contributed by atoms with E-state index in [1.165, 1.54) is 0 Å². The maximum atomic E-state index is 5.71. The fraction of sp³-hybridized carbons (Fsp3) is 0. The third-order valence-electron chi connectivity index (χ3n) is 2.26. The minimum atomic E-state index is 0. The summed E-state index contributed by atoms with van der Waals surface area (Å²) >= 11 is 0. The predicted molar refractivity (Wildman–Crippen MR) is 56.2 cm³/mol. The van der Waals surface area contributed by atoms with Crippen molar-refractivity contribution in [2.75, 3.05) is 5.32 Å². The van der Waals surface area contributed by atoms with Crippen LogP contribution in [-0.2, 0) is 0 Å². The van der Waals surface area contributed by atoms with Gasteiger partial charge in [-0.25, -0.2) is 0 Å². The number of para-hydroxylation sites is 4. The van der Waals surface area contributed by atoms with E-state index in [0.29, 0.717) is 0 Å². The van der Waals surface area contributed by atoms with Gasteiger partial charge in [0.25, 0.3) is 0 Å². The van der Waals surface area contributed by atoms with Gasteiger partial charge in [0.2, 0.25) is 0 Å². The Labute approximate surface area is 94.3 Å². The van der Waals surface area contributed by atoms with Crippen LogP contribution < -0.4 is 22.5 Å². The lowest BCUT2D eigenvalue weighted by Gasteiger charge is -2.20. The summed E-state index contributed by atoms with van der Waals surface area (Å²) < 4.78 is 5.71. The van der Waals surface area contributed by atoms with Crippen molar-refractivity contribution in [1.29, 1.82) is 0 Å². The third kappa shape index (κ3) is 1.64. The zero-order valence-corrected chi connectivity index (χ0v) is 8.66. The molecular formula is C12H9ClNO-. The minimum Gasteiger partial charge on any atom is -1.00 e. The molecule has 0 amide bonds. The van der Waals surface area contributed by atoms with E-state index in [2.05, 4.69) is 5.32 Å². The van der Waals surface area contributed by atoms with Crippen LogP contribution >= 0.6 is 0 Å². The molecule has 1 N–H and O–H groups in total. The van der Waals surface area contributed by atoms with Gasteiger partial charge in [-0.15, -0.1) is 0 Å². The summed E-state index contributed by atoms with van der Waals surface area (Å²) in [5, 5.41) is 3.32. The minimum absolute atomic E-state index is 0. The molecule has 0 aliphatic carbocycles. The number of halogens is 1. The lowest BCUT2D eigenvalue weighted by Crippen LogP contribution is -3.00. The van der Waals surface area contributed by atoms with Crippen molar-refractivity contribution < 1.29 is 17.1 Å². The van der Waals surface area contributed by atoms with Crippen molar-refractivity contribution in [3.05, 3.63) is 48.5 Å². The molecule has 0 saturated heterocycles. The molecule has 0 radical (unpaired) electrons. The van der Waals surface area contributed by atoms with E-state index in [1.807, 2.05) is 48.5 Å². The summed E-state index contributed by atoms with van der Waals surface area (Å²) in [6.45, 7) is 0. The first-order valence-electron chi connectivity index (χ1n) is 4.56. The van der Waals surface area contributed by atoms with Crippen molar-refractivity contribution in [2.45, 2.75) is 0 Å². The van der Waals surface area contributed by atoms with Crippen molar-refractivity contribution in [1.82, 2.24) is 0 Å². The highest BCUT2D eigenvalue weighted by Gasteiger charge is 2.13. The maximum absolute atomic E-state index is 5.71. The van der Waals surface area contributed by atoms with Crippen LogP contribution in [0.3, 0.4) is 0 Å². The van der Waals surface area contributed by atoms with Crippen molar-refractivity contribution in [3.8, 4) is 11.5 Å². The highest BCUT2D eigenvalue weighted by atomic mass is 35.5. The van der Waals surface area contributed by atoms with E-state index in [-0.39, 0.29) is 12.4 Å². The highest BCUT2D eigenvalue weighted by molar-refractivity contribution is 5.75. The molecule has 2 aromatic rings. The molecule has 1 aliphatic rings. The number of hydrogen-bond donors (Lipinski definition) is 1. The molecule has 3 heteroatoms. The van der Waals surface area contributed by atoms with Crippen LogP contribution in [0, 0.1) is 0 Å². The number of ether oxygens (including phenoxy) is 1. The molecule has 3 rings (SSSR count). The first-order chi connectivity index (χ1) is 6.93. The molecule has 1 heterocycles. The summed E-state index contributed by atoms with van der Waals surface area (Å²) in [7, 11) is 0. The Kier molecular flexibility index (Phi) is 2.52. The zero-order chi connectivity index (χ0) is 9.38.